The summed E-state index contributed by atoms with van der Waals surface area (Å²) >= 11 is 0. The Morgan fingerprint density at radius 3 is 2.58 bits per heavy atom. The molecule has 1 aliphatic heterocycles. The number of anilines is 2. The van der Waals surface area contributed by atoms with Crippen molar-refractivity contribution in [3.05, 3.63) is 60.4 Å². The molecule has 5 rings (SSSR count). The minimum Gasteiger partial charge on any atom is -0.349 e. The highest BCUT2D eigenvalue weighted by Gasteiger charge is 2.17. The molecule has 8 nitrogen and oxygen atoms in total. The molecule has 4 aromatic rings. The van der Waals surface area contributed by atoms with Crippen molar-refractivity contribution in [2.24, 2.45) is 7.05 Å². The van der Waals surface area contributed by atoms with E-state index in [9.17, 15) is 4.39 Å². The van der Waals surface area contributed by atoms with Crippen molar-refractivity contribution in [1.82, 2.24) is 34.3 Å². The van der Waals surface area contributed by atoms with Crippen LogP contribution in [0.15, 0.2) is 49.1 Å². The summed E-state index contributed by atoms with van der Waals surface area (Å²) in [7, 11) is 1.90. The second-order valence-electron chi connectivity index (χ2n) is 8.30. The fourth-order valence-electron chi connectivity index (χ4n) is 4.23. The molecule has 1 aliphatic rings. The number of hydrogen-bond acceptors (Lipinski definition) is 7. The fraction of sp³-hybridized carbons (Fsp3) is 0.333. The Kier molecular flexibility index (Phi) is 5.97. The summed E-state index contributed by atoms with van der Waals surface area (Å²) in [5.41, 5.74) is 3.61. The molecule has 0 saturated carbocycles. The summed E-state index contributed by atoms with van der Waals surface area (Å²) < 4.78 is 16.6. The first-order chi connectivity index (χ1) is 16.1. The van der Waals surface area contributed by atoms with E-state index in [4.69, 9.17) is 0 Å². The Hall–Kier alpha value is -3.43. The van der Waals surface area contributed by atoms with E-state index in [1.165, 1.54) is 6.20 Å². The van der Waals surface area contributed by atoms with Crippen molar-refractivity contribution in [2.75, 3.05) is 38.0 Å². The summed E-state index contributed by atoms with van der Waals surface area (Å²) in [4.78, 5) is 22.4. The maximum absolute atomic E-state index is 14.6. The third kappa shape index (κ3) is 4.55. The van der Waals surface area contributed by atoms with Crippen LogP contribution in [0.2, 0.25) is 0 Å². The van der Waals surface area contributed by atoms with Crippen LogP contribution in [-0.4, -0.2) is 67.0 Å². The molecule has 0 radical (unpaired) electrons. The molecule has 0 bridgehead atoms. The van der Waals surface area contributed by atoms with E-state index >= 15 is 0 Å². The molecule has 170 valence electrons. The van der Waals surface area contributed by atoms with E-state index in [1.54, 1.807) is 6.20 Å². The molecule has 4 aromatic heterocycles. The molecule has 0 atom stereocenters. The first-order valence-corrected chi connectivity index (χ1v) is 11.2. The summed E-state index contributed by atoms with van der Waals surface area (Å²) in [5.74, 6) is 0.406. The molecular formula is C24H27FN8. The minimum absolute atomic E-state index is 0.208. The zero-order chi connectivity index (χ0) is 22.8. The molecule has 1 fully saturated rings. The highest BCUT2D eigenvalue weighted by molar-refractivity contribution is 5.92. The summed E-state index contributed by atoms with van der Waals surface area (Å²) in [6.07, 6.45) is 6.57. The molecule has 0 spiro atoms. The average molecular weight is 447 g/mol. The third-order valence-corrected chi connectivity index (χ3v) is 6.13. The Labute approximate surface area is 192 Å². The number of likely N-dealkylation sites (N-methyl/N-ethyl adjacent to an activating group) is 1. The summed E-state index contributed by atoms with van der Waals surface area (Å²) in [6, 6.07) is 7.76. The largest absolute Gasteiger partial charge is 0.349 e. The van der Waals surface area contributed by atoms with Gasteiger partial charge in [-0.25, -0.2) is 19.3 Å². The van der Waals surface area contributed by atoms with E-state index < -0.39 is 5.82 Å². The number of halogens is 1. The fourth-order valence-corrected chi connectivity index (χ4v) is 4.23. The van der Waals surface area contributed by atoms with Crippen LogP contribution in [0.3, 0.4) is 0 Å². The predicted molar refractivity (Wildman–Crippen MR) is 127 cm³/mol. The van der Waals surface area contributed by atoms with E-state index in [0.29, 0.717) is 16.9 Å². The van der Waals surface area contributed by atoms with Gasteiger partial charge >= 0.3 is 0 Å². The van der Waals surface area contributed by atoms with Gasteiger partial charge in [0.05, 0.1) is 17.2 Å². The number of hydrogen-bond donors (Lipinski definition) is 1. The summed E-state index contributed by atoms with van der Waals surface area (Å²) in [5, 5.41) is 3.09. The van der Waals surface area contributed by atoms with Crippen molar-refractivity contribution in [1.29, 1.82) is 0 Å². The van der Waals surface area contributed by atoms with Crippen molar-refractivity contribution in [3.8, 4) is 11.3 Å². The first-order valence-electron chi connectivity index (χ1n) is 11.2. The Morgan fingerprint density at radius 2 is 1.82 bits per heavy atom. The van der Waals surface area contributed by atoms with Gasteiger partial charge in [0.25, 0.3) is 0 Å². The Balaban J connectivity index is 1.31. The van der Waals surface area contributed by atoms with Gasteiger partial charge in [-0.3, -0.25) is 9.88 Å². The number of fused-ring (bicyclic) bond motifs is 1. The highest BCUT2D eigenvalue weighted by Crippen LogP contribution is 2.29. The first kappa shape index (κ1) is 21.4. The van der Waals surface area contributed by atoms with E-state index in [2.05, 4.69) is 48.0 Å². The van der Waals surface area contributed by atoms with Crippen LogP contribution in [0.1, 0.15) is 12.5 Å². The quantitative estimate of drug-likeness (QED) is 0.486. The van der Waals surface area contributed by atoms with Crippen LogP contribution in [0.5, 0.6) is 0 Å². The van der Waals surface area contributed by atoms with Gasteiger partial charge in [0.1, 0.15) is 11.5 Å². The number of aryl methyl sites for hydroxylation is 1. The standard InChI is InChI=1S/C24H27FN8/c1-3-32-9-11-33(12-10-32)15-17-6-7-21(27-13-17)29-24-28-14-19(25)22(30-24)18-16-31(2)20-5-4-8-26-23(18)20/h4-8,13-14,16H,3,9-12,15H2,1-2H3,(H,27,28,29,30). The normalized spacial score (nSPS) is 15.2. The second-order valence-corrected chi connectivity index (χ2v) is 8.30. The lowest BCUT2D eigenvalue weighted by atomic mass is 10.2. The number of aromatic nitrogens is 5. The topological polar surface area (TPSA) is 75.0 Å². The number of piperazine rings is 1. The van der Waals surface area contributed by atoms with Gasteiger partial charge in [-0.2, -0.15) is 0 Å². The van der Waals surface area contributed by atoms with Crippen LogP contribution in [0.4, 0.5) is 16.2 Å². The molecule has 0 aliphatic carbocycles. The lowest BCUT2D eigenvalue weighted by molar-refractivity contribution is 0.132. The maximum atomic E-state index is 14.6. The van der Waals surface area contributed by atoms with E-state index in [0.717, 1.165) is 50.3 Å². The second kappa shape index (κ2) is 9.21. The number of pyridine rings is 2. The van der Waals surface area contributed by atoms with Gasteiger partial charge in [0.2, 0.25) is 5.95 Å². The monoisotopic (exact) mass is 446 g/mol. The van der Waals surface area contributed by atoms with Gasteiger partial charge in [-0.15, -0.1) is 0 Å². The van der Waals surface area contributed by atoms with Crippen molar-refractivity contribution < 1.29 is 4.39 Å². The molecule has 1 N–H and O–H groups in total. The molecule has 0 unspecified atom stereocenters. The van der Waals surface area contributed by atoms with Crippen molar-refractivity contribution in [3.63, 3.8) is 0 Å². The van der Waals surface area contributed by atoms with Crippen LogP contribution in [-0.2, 0) is 13.6 Å². The smallest absolute Gasteiger partial charge is 0.229 e. The zero-order valence-electron chi connectivity index (χ0n) is 18.9. The van der Waals surface area contributed by atoms with E-state index in [-0.39, 0.29) is 11.6 Å². The predicted octanol–water partition coefficient (Wildman–Crippen LogP) is 3.45. The van der Waals surface area contributed by atoms with Crippen molar-refractivity contribution in [2.45, 2.75) is 13.5 Å². The zero-order valence-corrected chi connectivity index (χ0v) is 18.9. The van der Waals surface area contributed by atoms with Gasteiger partial charge in [0.15, 0.2) is 5.82 Å². The lowest BCUT2D eigenvalue weighted by Crippen LogP contribution is -2.45. The van der Waals surface area contributed by atoms with Crippen LogP contribution < -0.4 is 5.32 Å². The van der Waals surface area contributed by atoms with Crippen LogP contribution in [0.25, 0.3) is 22.3 Å². The third-order valence-electron chi connectivity index (χ3n) is 6.13. The number of nitrogens with one attached hydrogen (secondary N) is 1. The van der Waals surface area contributed by atoms with Gasteiger partial charge in [0, 0.05) is 63.9 Å². The molecule has 5 heterocycles. The molecule has 9 heteroatoms. The highest BCUT2D eigenvalue weighted by atomic mass is 19.1. The minimum atomic E-state index is -0.495. The average Bonchev–Trinajstić information content (AvgIpc) is 3.18. The molecule has 0 aromatic carbocycles. The lowest BCUT2D eigenvalue weighted by Gasteiger charge is -2.33. The van der Waals surface area contributed by atoms with Gasteiger partial charge < -0.3 is 14.8 Å². The number of rotatable bonds is 6. The maximum Gasteiger partial charge on any atom is 0.229 e. The van der Waals surface area contributed by atoms with E-state index in [1.807, 2.05) is 42.2 Å². The molecule has 0 amide bonds. The number of nitrogens with zero attached hydrogens (tertiary/aromatic N) is 7. The van der Waals surface area contributed by atoms with Gasteiger partial charge in [-0.1, -0.05) is 13.0 Å². The molecule has 33 heavy (non-hydrogen) atoms. The van der Waals surface area contributed by atoms with Crippen molar-refractivity contribution >= 4 is 22.8 Å². The van der Waals surface area contributed by atoms with Crippen LogP contribution in [0, 0.1) is 5.82 Å². The Bertz CT molecular complexity index is 1250. The molecule has 1 saturated heterocycles. The SMILES string of the molecule is CCN1CCN(Cc2ccc(Nc3ncc(F)c(-c4cn(C)c5cccnc45)n3)nc2)CC1. The van der Waals surface area contributed by atoms with Crippen LogP contribution >= 0.6 is 0 Å². The Morgan fingerprint density at radius 1 is 1.00 bits per heavy atom. The summed E-state index contributed by atoms with van der Waals surface area (Å²) in [6.45, 7) is 8.57. The molecular weight excluding hydrogens is 419 g/mol. The van der Waals surface area contributed by atoms with Gasteiger partial charge in [-0.05, 0) is 30.3 Å².